The number of halogens is 1. The summed E-state index contributed by atoms with van der Waals surface area (Å²) in [6.07, 6.45) is 6.10. The summed E-state index contributed by atoms with van der Waals surface area (Å²) in [5.74, 6) is -0.114. The van der Waals surface area contributed by atoms with Crippen LogP contribution in [0.1, 0.15) is 43.7 Å². The number of aliphatic hydroxyl groups is 1. The van der Waals surface area contributed by atoms with Gasteiger partial charge in [0.05, 0.1) is 12.2 Å². The van der Waals surface area contributed by atoms with E-state index >= 15 is 0 Å². The number of nitrogens with zero attached hydrogens (tertiary/aromatic N) is 4. The number of thiazole rings is 1. The molecule has 4 rings (SSSR count). The topological polar surface area (TPSA) is 113 Å². The molecule has 8 nitrogen and oxygen atoms in total. The number of hydrogen-bond acceptors (Lipinski definition) is 8. The third-order valence-electron chi connectivity index (χ3n) is 5.60. The number of carbonyl (C=O) groups is 1. The van der Waals surface area contributed by atoms with Gasteiger partial charge in [-0.25, -0.2) is 9.37 Å². The molecule has 0 radical (unpaired) electrons. The highest BCUT2D eigenvalue weighted by Crippen LogP contribution is 2.43. The van der Waals surface area contributed by atoms with Crippen molar-refractivity contribution in [3.63, 3.8) is 0 Å². The lowest BCUT2D eigenvalue weighted by molar-refractivity contribution is -0.136. The Morgan fingerprint density at radius 2 is 2.06 bits per heavy atom. The Kier molecular flexibility index (Phi) is 6.16. The average Bonchev–Trinajstić information content (AvgIpc) is 3.21. The molecule has 0 saturated heterocycles. The molecule has 3 aromatic rings. The van der Waals surface area contributed by atoms with Gasteiger partial charge in [-0.1, -0.05) is 6.42 Å². The smallest absolute Gasteiger partial charge is 0.251 e. The molecule has 1 aliphatic carbocycles. The van der Waals surface area contributed by atoms with Gasteiger partial charge in [-0.3, -0.25) is 9.78 Å². The van der Waals surface area contributed by atoms with Gasteiger partial charge in [-0.05, 0) is 51.0 Å². The van der Waals surface area contributed by atoms with Crippen LogP contribution in [0.15, 0.2) is 36.7 Å². The molecular formula is C22H25FN6O2S. The van der Waals surface area contributed by atoms with Gasteiger partial charge >= 0.3 is 0 Å². The first-order chi connectivity index (χ1) is 15.3. The Labute approximate surface area is 189 Å². The van der Waals surface area contributed by atoms with E-state index in [1.165, 1.54) is 31.3 Å². The monoisotopic (exact) mass is 456 g/mol. The van der Waals surface area contributed by atoms with Crippen LogP contribution >= 0.6 is 11.3 Å². The zero-order valence-electron chi connectivity index (χ0n) is 17.9. The summed E-state index contributed by atoms with van der Waals surface area (Å²) < 4.78 is 14.3. The van der Waals surface area contributed by atoms with Crippen LogP contribution < -0.4 is 10.6 Å². The maximum absolute atomic E-state index is 14.3. The number of rotatable bonds is 8. The quantitative estimate of drug-likeness (QED) is 0.477. The van der Waals surface area contributed by atoms with Crippen molar-refractivity contribution < 1.29 is 14.3 Å². The Hall–Kier alpha value is -2.98. The predicted molar refractivity (Wildman–Crippen MR) is 119 cm³/mol. The van der Waals surface area contributed by atoms with Crippen molar-refractivity contribution >= 4 is 23.1 Å². The fraction of sp³-hybridized carbons (Fsp3) is 0.409. The molecule has 1 amide bonds. The zero-order valence-corrected chi connectivity index (χ0v) is 18.7. The highest BCUT2D eigenvalue weighted by Gasteiger charge is 2.41. The first-order valence-corrected chi connectivity index (χ1v) is 11.2. The van der Waals surface area contributed by atoms with Crippen molar-refractivity contribution in [2.45, 2.75) is 50.7 Å². The summed E-state index contributed by atoms with van der Waals surface area (Å²) in [5, 5.41) is 24.8. The molecule has 0 bridgehead atoms. The number of amides is 1. The molecule has 3 aromatic heterocycles. The minimum atomic E-state index is -1.43. The summed E-state index contributed by atoms with van der Waals surface area (Å²) in [5.41, 5.74) is -0.615. The molecule has 0 unspecified atom stereocenters. The fourth-order valence-corrected chi connectivity index (χ4v) is 4.39. The lowest BCUT2D eigenvalue weighted by Crippen LogP contribution is -2.42. The fourth-order valence-electron chi connectivity index (χ4n) is 3.57. The van der Waals surface area contributed by atoms with Crippen LogP contribution in [0.25, 0.3) is 10.7 Å². The van der Waals surface area contributed by atoms with Crippen molar-refractivity contribution in [3.05, 3.63) is 53.0 Å². The molecular weight excluding hydrogens is 431 g/mol. The normalized spacial score (nSPS) is 15.1. The van der Waals surface area contributed by atoms with Crippen molar-refractivity contribution in [2.24, 2.45) is 0 Å². The third kappa shape index (κ3) is 4.76. The molecule has 0 atom stereocenters. The van der Waals surface area contributed by atoms with Gasteiger partial charge in [0.2, 0.25) is 0 Å². The number of aromatic nitrogens is 4. The van der Waals surface area contributed by atoms with Gasteiger partial charge in [0, 0.05) is 29.2 Å². The first kappa shape index (κ1) is 22.2. The van der Waals surface area contributed by atoms with E-state index in [-0.39, 0.29) is 17.8 Å². The summed E-state index contributed by atoms with van der Waals surface area (Å²) in [4.78, 5) is 21.3. The van der Waals surface area contributed by atoms with Gasteiger partial charge in [-0.2, -0.15) is 0 Å². The number of pyridine rings is 1. The average molecular weight is 457 g/mol. The first-order valence-electron chi connectivity index (χ1n) is 10.4. The van der Waals surface area contributed by atoms with E-state index in [9.17, 15) is 14.3 Å². The number of nitrogens with one attached hydrogen (secondary N) is 2. The van der Waals surface area contributed by atoms with Crippen LogP contribution in [0.2, 0.25) is 0 Å². The third-order valence-corrected chi connectivity index (χ3v) is 6.62. The van der Waals surface area contributed by atoms with Crippen molar-refractivity contribution in [2.75, 3.05) is 11.9 Å². The van der Waals surface area contributed by atoms with E-state index in [0.29, 0.717) is 28.8 Å². The van der Waals surface area contributed by atoms with E-state index in [0.717, 1.165) is 24.1 Å². The SMILES string of the molecule is CC(C)(O)C(=O)NCc1cnc(-c2ccc(NCC3(c4ncccc4F)CCC3)nn2)s1. The lowest BCUT2D eigenvalue weighted by Gasteiger charge is -2.41. The van der Waals surface area contributed by atoms with Crippen LogP contribution in [-0.2, 0) is 16.8 Å². The van der Waals surface area contributed by atoms with Gasteiger partial charge in [0.1, 0.15) is 27.9 Å². The maximum atomic E-state index is 14.3. The second-order valence-electron chi connectivity index (χ2n) is 8.50. The van der Waals surface area contributed by atoms with E-state index in [2.05, 4.69) is 30.8 Å². The Balaban J connectivity index is 1.37. The molecule has 10 heteroatoms. The summed E-state index contributed by atoms with van der Waals surface area (Å²) in [7, 11) is 0. The summed E-state index contributed by atoms with van der Waals surface area (Å²) in [6.45, 7) is 3.69. The van der Waals surface area contributed by atoms with E-state index in [1.54, 1.807) is 18.5 Å². The lowest BCUT2D eigenvalue weighted by atomic mass is 9.66. The van der Waals surface area contributed by atoms with Gasteiger partial charge in [0.25, 0.3) is 5.91 Å². The minimum absolute atomic E-state index is 0.270. The summed E-state index contributed by atoms with van der Waals surface area (Å²) >= 11 is 1.39. The van der Waals surface area contributed by atoms with Crippen molar-refractivity contribution in [1.29, 1.82) is 0 Å². The van der Waals surface area contributed by atoms with Crippen LogP contribution in [-0.4, -0.2) is 43.3 Å². The molecule has 0 aliphatic heterocycles. The molecule has 3 N–H and O–H groups in total. The molecule has 0 spiro atoms. The molecule has 3 heterocycles. The highest BCUT2D eigenvalue weighted by molar-refractivity contribution is 7.15. The Morgan fingerprint density at radius 3 is 2.69 bits per heavy atom. The highest BCUT2D eigenvalue weighted by atomic mass is 32.1. The van der Waals surface area contributed by atoms with Crippen LogP contribution in [0.3, 0.4) is 0 Å². The Morgan fingerprint density at radius 1 is 1.25 bits per heavy atom. The minimum Gasteiger partial charge on any atom is -0.381 e. The maximum Gasteiger partial charge on any atom is 0.251 e. The van der Waals surface area contributed by atoms with E-state index in [4.69, 9.17) is 0 Å². The van der Waals surface area contributed by atoms with Crippen LogP contribution in [0.5, 0.6) is 0 Å². The van der Waals surface area contributed by atoms with Gasteiger partial charge in [0.15, 0.2) is 0 Å². The van der Waals surface area contributed by atoms with Crippen molar-refractivity contribution in [3.8, 4) is 10.7 Å². The molecule has 1 fully saturated rings. The molecule has 1 saturated carbocycles. The second-order valence-corrected chi connectivity index (χ2v) is 9.61. The van der Waals surface area contributed by atoms with Crippen LogP contribution in [0.4, 0.5) is 10.2 Å². The molecule has 32 heavy (non-hydrogen) atoms. The number of carbonyl (C=O) groups excluding carboxylic acids is 1. The zero-order chi connectivity index (χ0) is 22.8. The standard InChI is InChI=1S/C22H25FN6O2S/c1-21(2,31)20(30)26-12-14-11-25-19(32-14)16-6-7-17(29-28-16)27-13-22(8-4-9-22)18-15(23)5-3-10-24-18/h3,5-7,10-11,31H,4,8-9,12-13H2,1-2H3,(H,26,30)(H,27,29). The van der Waals surface area contributed by atoms with E-state index in [1.807, 2.05) is 12.1 Å². The molecule has 0 aromatic carbocycles. The number of hydrogen-bond donors (Lipinski definition) is 3. The molecule has 1 aliphatic rings. The summed E-state index contributed by atoms with van der Waals surface area (Å²) in [6, 6.07) is 6.70. The Bertz CT molecular complexity index is 1090. The molecule has 168 valence electrons. The van der Waals surface area contributed by atoms with Gasteiger partial charge in [-0.15, -0.1) is 21.5 Å². The second kappa shape index (κ2) is 8.87. The van der Waals surface area contributed by atoms with Gasteiger partial charge < -0.3 is 15.7 Å². The van der Waals surface area contributed by atoms with Crippen molar-refractivity contribution in [1.82, 2.24) is 25.5 Å². The predicted octanol–water partition coefficient (Wildman–Crippen LogP) is 3.06. The largest absolute Gasteiger partial charge is 0.381 e. The van der Waals surface area contributed by atoms with E-state index < -0.39 is 11.5 Å². The van der Waals surface area contributed by atoms with Crippen LogP contribution in [0, 0.1) is 5.82 Å². The number of anilines is 1.